The predicted octanol–water partition coefficient (Wildman–Crippen LogP) is 8.05. The highest BCUT2D eigenvalue weighted by atomic mass is 79.9. The molecule has 1 fully saturated rings. The van der Waals surface area contributed by atoms with Gasteiger partial charge in [0.2, 0.25) is 0 Å². The predicted molar refractivity (Wildman–Crippen MR) is 144 cm³/mol. The van der Waals surface area contributed by atoms with Crippen molar-refractivity contribution in [3.8, 4) is 17.3 Å². The Bertz CT molecular complexity index is 1460. The Morgan fingerprint density at radius 1 is 1.14 bits per heavy atom. The van der Waals surface area contributed by atoms with E-state index >= 15 is 0 Å². The maximum atomic E-state index is 14.1. The van der Waals surface area contributed by atoms with Gasteiger partial charge in [-0.15, -0.1) is 0 Å². The molecule has 188 valence electrons. The molecule has 1 aromatic heterocycles. The van der Waals surface area contributed by atoms with Gasteiger partial charge in [-0.1, -0.05) is 44.7 Å². The van der Waals surface area contributed by atoms with Gasteiger partial charge in [0.1, 0.15) is 28.9 Å². The summed E-state index contributed by atoms with van der Waals surface area (Å²) < 4.78 is 35.5. The number of nitrogen functional groups attached to an aromatic ring is 1. The fourth-order valence-electron chi connectivity index (χ4n) is 3.97. The largest absolute Gasteiger partial charge is 0.506 e. The van der Waals surface area contributed by atoms with Gasteiger partial charge in [-0.05, 0) is 49.2 Å². The molecule has 2 aromatic carbocycles. The number of benzene rings is 2. The van der Waals surface area contributed by atoms with Gasteiger partial charge in [0.15, 0.2) is 0 Å². The van der Waals surface area contributed by atoms with E-state index in [0.717, 1.165) is 25.7 Å². The maximum Gasteiger partial charge on any atom is 0.303 e. The van der Waals surface area contributed by atoms with Crippen LogP contribution >= 0.6 is 31.9 Å². The van der Waals surface area contributed by atoms with E-state index in [9.17, 15) is 8.78 Å². The summed E-state index contributed by atoms with van der Waals surface area (Å²) in [5, 5.41) is 13.1. The molecular weight excluding hydrogens is 610 g/mol. The Kier molecular flexibility index (Phi) is 9.41. The third-order valence-corrected chi connectivity index (χ3v) is 6.69. The molecule has 7 nitrogen and oxygen atoms in total. The van der Waals surface area contributed by atoms with Crippen molar-refractivity contribution in [2.75, 3.05) is 12.8 Å². The number of nitrogens with zero attached hydrogens (tertiary/aromatic N) is 5. The minimum atomic E-state index is -0.553. The summed E-state index contributed by atoms with van der Waals surface area (Å²) >= 11 is 6.34. The molecule has 11 heteroatoms. The number of allylic oxidation sites excluding steroid dienone is 1. The smallest absolute Gasteiger partial charge is 0.303 e. The minimum absolute atomic E-state index is 0.0532. The molecule has 0 bridgehead atoms. The van der Waals surface area contributed by atoms with Crippen molar-refractivity contribution in [1.82, 2.24) is 9.78 Å². The Hall–Kier alpha value is -3.72. The summed E-state index contributed by atoms with van der Waals surface area (Å²) in [5.74, 6) is -0.676. The lowest BCUT2D eigenvalue weighted by atomic mass is 10.1. The number of halogens is 4. The average Bonchev–Trinajstić information content (AvgIpc) is 3.51. The van der Waals surface area contributed by atoms with Crippen LogP contribution in [0.15, 0.2) is 51.0 Å². The van der Waals surface area contributed by atoms with Crippen molar-refractivity contribution in [3.05, 3.63) is 91.1 Å². The van der Waals surface area contributed by atoms with Crippen LogP contribution in [0.4, 0.5) is 20.3 Å². The maximum absolute atomic E-state index is 14.1. The van der Waals surface area contributed by atoms with Gasteiger partial charge < -0.3 is 10.5 Å². The fourth-order valence-corrected chi connectivity index (χ4v) is 4.64. The zero-order valence-corrected chi connectivity index (χ0v) is 22.8. The second-order valence-corrected chi connectivity index (χ2v) is 9.76. The van der Waals surface area contributed by atoms with Crippen molar-refractivity contribution in [3.63, 3.8) is 0 Å². The van der Waals surface area contributed by atoms with E-state index in [2.05, 4.69) is 46.6 Å². The molecule has 0 saturated heterocycles. The summed E-state index contributed by atoms with van der Waals surface area (Å²) in [6.45, 7) is 14.1. The van der Waals surface area contributed by atoms with Crippen molar-refractivity contribution in [1.29, 1.82) is 5.26 Å². The van der Waals surface area contributed by atoms with Crippen molar-refractivity contribution in [2.45, 2.75) is 31.7 Å². The van der Waals surface area contributed by atoms with Crippen molar-refractivity contribution < 1.29 is 13.5 Å². The van der Waals surface area contributed by atoms with Crippen LogP contribution in [0.3, 0.4) is 0 Å². The molecule has 0 radical (unpaired) electrons. The third-order valence-electron chi connectivity index (χ3n) is 5.70. The van der Waals surface area contributed by atoms with Crippen LogP contribution < -0.4 is 5.73 Å². The first-order chi connectivity index (χ1) is 17.7. The van der Waals surface area contributed by atoms with E-state index in [1.165, 1.54) is 25.3 Å². The number of aromatic nitrogens is 2. The molecule has 1 heterocycles. The monoisotopic (exact) mass is 628 g/mol. The molecule has 0 amide bonds. The molecule has 3 aromatic rings. The lowest BCUT2D eigenvalue weighted by Crippen LogP contribution is -2.09. The molecule has 1 aliphatic carbocycles. The van der Waals surface area contributed by atoms with Crippen LogP contribution in [-0.2, 0) is 4.74 Å². The normalized spacial score (nSPS) is 13.5. The van der Waals surface area contributed by atoms with E-state index in [1.807, 2.05) is 0 Å². The van der Waals surface area contributed by atoms with Crippen LogP contribution in [0, 0.1) is 36.1 Å². The van der Waals surface area contributed by atoms with Gasteiger partial charge in [-0.3, -0.25) is 4.68 Å². The number of rotatable bonds is 4. The van der Waals surface area contributed by atoms with Crippen LogP contribution in [0.25, 0.3) is 26.7 Å². The fraction of sp³-hybridized carbons (Fsp3) is 0.231. The summed E-state index contributed by atoms with van der Waals surface area (Å²) in [6, 6.07) is 10.9. The standard InChI is InChI=1S/C15H14BrFN4.C11H6BrFN2O/c1-19-14-13(11-7-6-9(16)8-12(11)17)20-21(15(14)18)10-4-2-3-5-10;1-15-10(6-14)11(16-2)8-4-3-7(12)5-9(8)13/h6-8,10H,2-5,18H2;3-5H,2H3/b;11-10+. The topological polar surface area (TPSA) is 85.6 Å². The molecule has 37 heavy (non-hydrogen) atoms. The van der Waals surface area contributed by atoms with Gasteiger partial charge in [-0.25, -0.2) is 23.7 Å². The molecule has 4 rings (SSSR count). The number of nitriles is 1. The third kappa shape index (κ3) is 6.17. The highest BCUT2D eigenvalue weighted by Crippen LogP contribution is 2.41. The van der Waals surface area contributed by atoms with Crippen LogP contribution in [0.1, 0.15) is 37.3 Å². The van der Waals surface area contributed by atoms with E-state index in [-0.39, 0.29) is 28.7 Å². The van der Waals surface area contributed by atoms with E-state index in [0.29, 0.717) is 26.0 Å². The van der Waals surface area contributed by atoms with Gasteiger partial charge in [-0.2, -0.15) is 5.10 Å². The van der Waals surface area contributed by atoms with E-state index in [4.69, 9.17) is 28.9 Å². The number of ether oxygens (including phenoxy) is 1. The lowest BCUT2D eigenvalue weighted by molar-refractivity contribution is 0.365. The molecule has 0 unspecified atom stereocenters. The zero-order valence-electron chi connectivity index (χ0n) is 19.6. The van der Waals surface area contributed by atoms with Crippen molar-refractivity contribution >= 4 is 49.1 Å². The SMILES string of the molecule is [C-]#[N+]/C(C#N)=C(/OC)c1ccc(Br)cc1F.[C-]#[N+]c1c(-c2ccc(Br)cc2F)nn(C2CCCC2)c1N. The molecular formula is C26H20Br2F2N6O. The molecule has 0 aliphatic heterocycles. The number of anilines is 1. The quantitative estimate of drug-likeness (QED) is 0.180. The van der Waals surface area contributed by atoms with E-state index in [1.54, 1.807) is 29.0 Å². The van der Waals surface area contributed by atoms with Crippen molar-refractivity contribution in [2.24, 2.45) is 0 Å². The van der Waals surface area contributed by atoms with Gasteiger partial charge in [0.05, 0.1) is 32.4 Å². The second-order valence-electron chi connectivity index (χ2n) is 7.93. The first-order valence-electron chi connectivity index (χ1n) is 11.0. The average molecular weight is 630 g/mol. The molecule has 2 N–H and O–H groups in total. The molecule has 1 saturated carbocycles. The first kappa shape index (κ1) is 27.9. The highest BCUT2D eigenvalue weighted by Gasteiger charge is 2.26. The van der Waals surface area contributed by atoms with Crippen LogP contribution in [-0.4, -0.2) is 16.9 Å². The van der Waals surface area contributed by atoms with E-state index < -0.39 is 11.6 Å². The number of nitrogens with two attached hydrogens (primary N) is 1. The lowest BCUT2D eigenvalue weighted by Gasteiger charge is -2.11. The summed E-state index contributed by atoms with van der Waals surface area (Å²) in [5.41, 5.74) is 6.77. The van der Waals surface area contributed by atoms with Gasteiger partial charge in [0, 0.05) is 20.1 Å². The number of hydrogen-bond donors (Lipinski definition) is 1. The molecule has 0 atom stereocenters. The van der Waals surface area contributed by atoms with Crippen LogP contribution in [0.5, 0.6) is 0 Å². The zero-order chi connectivity index (χ0) is 27.1. The molecule has 1 aliphatic rings. The number of methoxy groups -OCH3 is 1. The minimum Gasteiger partial charge on any atom is -0.506 e. The Labute approximate surface area is 230 Å². The Balaban J connectivity index is 0.000000214. The van der Waals surface area contributed by atoms with Crippen LogP contribution in [0.2, 0.25) is 0 Å². The molecule has 0 spiro atoms. The highest BCUT2D eigenvalue weighted by molar-refractivity contribution is 9.10. The summed E-state index contributed by atoms with van der Waals surface area (Å²) in [7, 11) is 1.29. The second kappa shape index (κ2) is 12.5. The Morgan fingerprint density at radius 3 is 2.27 bits per heavy atom. The first-order valence-corrected chi connectivity index (χ1v) is 12.6. The van der Waals surface area contributed by atoms with Gasteiger partial charge >= 0.3 is 5.70 Å². The summed E-state index contributed by atoms with van der Waals surface area (Å²) in [6.07, 6.45) is 4.29. The summed E-state index contributed by atoms with van der Waals surface area (Å²) in [4.78, 5) is 6.45. The number of hydrogen-bond acceptors (Lipinski definition) is 4. The Morgan fingerprint density at radius 2 is 1.76 bits per heavy atom. The van der Waals surface area contributed by atoms with Gasteiger partial charge in [0.25, 0.3) is 5.69 Å².